The highest BCUT2D eigenvalue weighted by Gasteiger charge is 2.32. The lowest BCUT2D eigenvalue weighted by Crippen LogP contribution is -2.50. The summed E-state index contributed by atoms with van der Waals surface area (Å²) < 4.78 is 39.9. The van der Waals surface area contributed by atoms with Crippen LogP contribution >= 0.6 is 0 Å². The van der Waals surface area contributed by atoms with Crippen LogP contribution in [0.15, 0.2) is 65.8 Å². The number of hydrogen-bond donors (Lipinski definition) is 0. The van der Waals surface area contributed by atoms with Gasteiger partial charge in [-0.25, -0.2) is 13.1 Å². The van der Waals surface area contributed by atoms with Crippen molar-refractivity contribution in [3.63, 3.8) is 0 Å². The van der Waals surface area contributed by atoms with Crippen molar-refractivity contribution in [3.8, 4) is 17.2 Å². The van der Waals surface area contributed by atoms with E-state index in [9.17, 15) is 13.2 Å². The van der Waals surface area contributed by atoms with E-state index in [0.717, 1.165) is 5.69 Å². The number of ether oxygens (including phenoxy) is 2. The molecule has 4 rings (SSSR count). The highest BCUT2D eigenvalue weighted by molar-refractivity contribution is 7.89. The summed E-state index contributed by atoms with van der Waals surface area (Å²) in [6.45, 7) is 0.982. The minimum atomic E-state index is -3.80. The molecule has 168 valence electrons. The third kappa shape index (κ3) is 4.19. The van der Waals surface area contributed by atoms with Gasteiger partial charge >= 0.3 is 0 Å². The normalized spacial score (nSPS) is 14.9. The summed E-state index contributed by atoms with van der Waals surface area (Å²) in [5.74, 6) is 0.548. The summed E-state index contributed by atoms with van der Waals surface area (Å²) in [4.78, 5) is 14.6. The van der Waals surface area contributed by atoms with Crippen molar-refractivity contribution < 1.29 is 22.7 Å². The van der Waals surface area contributed by atoms with Gasteiger partial charge in [-0.1, -0.05) is 0 Å². The first-order valence-corrected chi connectivity index (χ1v) is 11.5. The van der Waals surface area contributed by atoms with Gasteiger partial charge in [-0.2, -0.15) is 9.40 Å². The Morgan fingerprint density at radius 2 is 1.69 bits per heavy atom. The zero-order valence-electron chi connectivity index (χ0n) is 17.8. The predicted molar refractivity (Wildman–Crippen MR) is 118 cm³/mol. The van der Waals surface area contributed by atoms with Crippen molar-refractivity contribution >= 4 is 15.9 Å². The van der Waals surface area contributed by atoms with Crippen LogP contribution in [-0.4, -0.2) is 73.7 Å². The zero-order chi connectivity index (χ0) is 22.7. The van der Waals surface area contributed by atoms with E-state index < -0.39 is 10.0 Å². The summed E-state index contributed by atoms with van der Waals surface area (Å²) in [5.41, 5.74) is 1.40. The van der Waals surface area contributed by atoms with Gasteiger partial charge in [0.25, 0.3) is 5.91 Å². The van der Waals surface area contributed by atoms with Crippen molar-refractivity contribution in [1.29, 1.82) is 0 Å². The summed E-state index contributed by atoms with van der Waals surface area (Å²) in [6, 6.07) is 13.7. The Labute approximate surface area is 186 Å². The first kappa shape index (κ1) is 21.8. The number of nitrogens with zero attached hydrogens (tertiary/aromatic N) is 4. The van der Waals surface area contributed by atoms with Crippen molar-refractivity contribution in [2.75, 3.05) is 40.4 Å². The van der Waals surface area contributed by atoms with E-state index in [2.05, 4.69) is 5.10 Å². The standard InChI is InChI=1S/C22H24N4O5S/c1-30-19-8-9-20(31-2)21(16-19)32(28,29)25-14-12-24(13-15-25)22(27)17-4-6-18(7-5-17)26-11-3-10-23-26/h3-11,16H,12-15H2,1-2H3. The van der Waals surface area contributed by atoms with Gasteiger partial charge in [0, 0.05) is 50.2 Å². The van der Waals surface area contributed by atoms with Crippen LogP contribution in [0.5, 0.6) is 11.5 Å². The first-order chi connectivity index (χ1) is 15.4. The molecule has 32 heavy (non-hydrogen) atoms. The van der Waals surface area contributed by atoms with E-state index in [1.807, 2.05) is 24.4 Å². The Hall–Kier alpha value is -3.37. The zero-order valence-corrected chi connectivity index (χ0v) is 18.7. The molecule has 0 aliphatic carbocycles. The second kappa shape index (κ2) is 9.01. The minimum Gasteiger partial charge on any atom is -0.497 e. The van der Waals surface area contributed by atoms with E-state index in [0.29, 0.717) is 24.4 Å². The second-order valence-corrected chi connectivity index (χ2v) is 9.12. The fourth-order valence-corrected chi connectivity index (χ4v) is 5.21. The number of aromatic nitrogens is 2. The van der Waals surface area contributed by atoms with E-state index in [1.165, 1.54) is 24.6 Å². The maximum Gasteiger partial charge on any atom is 0.253 e. The average Bonchev–Trinajstić information content (AvgIpc) is 3.38. The molecule has 10 heteroatoms. The summed E-state index contributed by atoms with van der Waals surface area (Å²) in [6.07, 6.45) is 3.52. The van der Waals surface area contributed by atoms with Crippen LogP contribution in [0.4, 0.5) is 0 Å². The molecule has 0 spiro atoms. The summed E-state index contributed by atoms with van der Waals surface area (Å²) >= 11 is 0. The number of piperazine rings is 1. The monoisotopic (exact) mass is 456 g/mol. The Morgan fingerprint density at radius 3 is 2.28 bits per heavy atom. The molecule has 3 aromatic rings. The van der Waals surface area contributed by atoms with Gasteiger partial charge in [0.05, 0.1) is 19.9 Å². The average molecular weight is 457 g/mol. The van der Waals surface area contributed by atoms with Crippen molar-refractivity contribution in [2.24, 2.45) is 0 Å². The number of benzene rings is 2. The van der Waals surface area contributed by atoms with Gasteiger partial charge in [0.15, 0.2) is 0 Å². The maximum atomic E-state index is 13.2. The SMILES string of the molecule is COc1ccc(OC)c(S(=O)(=O)N2CCN(C(=O)c3ccc(-n4cccn4)cc3)CC2)c1. The van der Waals surface area contributed by atoms with Gasteiger partial charge in [0.1, 0.15) is 16.4 Å². The van der Waals surface area contributed by atoms with Gasteiger partial charge in [-0.05, 0) is 42.5 Å². The lowest BCUT2D eigenvalue weighted by molar-refractivity contribution is 0.0698. The molecule has 1 aliphatic heterocycles. The lowest BCUT2D eigenvalue weighted by atomic mass is 10.1. The Bertz CT molecular complexity index is 1190. The number of hydrogen-bond acceptors (Lipinski definition) is 6. The molecular formula is C22H24N4O5S. The van der Waals surface area contributed by atoms with E-state index in [-0.39, 0.29) is 29.6 Å². The lowest BCUT2D eigenvalue weighted by Gasteiger charge is -2.34. The topological polar surface area (TPSA) is 94.0 Å². The molecule has 1 aliphatic rings. The Balaban J connectivity index is 1.45. The van der Waals surface area contributed by atoms with Gasteiger partial charge < -0.3 is 14.4 Å². The van der Waals surface area contributed by atoms with Crippen LogP contribution in [-0.2, 0) is 10.0 Å². The molecule has 0 radical (unpaired) electrons. The molecule has 1 amide bonds. The third-order valence-electron chi connectivity index (χ3n) is 5.40. The number of carbonyl (C=O) groups is 1. The molecular weight excluding hydrogens is 432 g/mol. The van der Waals surface area contributed by atoms with E-state index in [1.54, 1.807) is 40.0 Å². The fraction of sp³-hybridized carbons (Fsp3) is 0.273. The fourth-order valence-electron chi connectivity index (χ4n) is 3.62. The van der Waals surface area contributed by atoms with Crippen LogP contribution in [0, 0.1) is 0 Å². The van der Waals surface area contributed by atoms with Gasteiger partial charge in [0.2, 0.25) is 10.0 Å². The molecule has 0 unspecified atom stereocenters. The minimum absolute atomic E-state index is 0.0494. The second-order valence-electron chi connectivity index (χ2n) is 7.21. The number of methoxy groups -OCH3 is 2. The molecule has 2 aromatic carbocycles. The molecule has 9 nitrogen and oxygen atoms in total. The smallest absolute Gasteiger partial charge is 0.253 e. The van der Waals surface area contributed by atoms with Gasteiger partial charge in [-0.15, -0.1) is 0 Å². The number of carbonyl (C=O) groups excluding carboxylic acids is 1. The highest BCUT2D eigenvalue weighted by atomic mass is 32.2. The van der Waals surface area contributed by atoms with Crippen molar-refractivity contribution in [3.05, 3.63) is 66.5 Å². The molecule has 0 saturated carbocycles. The largest absolute Gasteiger partial charge is 0.497 e. The Morgan fingerprint density at radius 1 is 0.969 bits per heavy atom. The molecule has 1 fully saturated rings. The van der Waals surface area contributed by atoms with Gasteiger partial charge in [-0.3, -0.25) is 4.79 Å². The van der Waals surface area contributed by atoms with Crippen molar-refractivity contribution in [2.45, 2.75) is 4.90 Å². The Kier molecular flexibility index (Phi) is 6.15. The van der Waals surface area contributed by atoms with Crippen LogP contribution in [0.1, 0.15) is 10.4 Å². The quantitative estimate of drug-likeness (QED) is 0.564. The van der Waals surface area contributed by atoms with Crippen LogP contribution < -0.4 is 9.47 Å². The number of sulfonamides is 1. The van der Waals surface area contributed by atoms with Crippen LogP contribution in [0.25, 0.3) is 5.69 Å². The van der Waals surface area contributed by atoms with Crippen molar-refractivity contribution in [1.82, 2.24) is 19.0 Å². The maximum absolute atomic E-state index is 13.2. The molecule has 1 saturated heterocycles. The predicted octanol–water partition coefficient (Wildman–Crippen LogP) is 2.04. The molecule has 2 heterocycles. The third-order valence-corrected chi connectivity index (χ3v) is 7.32. The van der Waals surface area contributed by atoms with Crippen LogP contribution in [0.2, 0.25) is 0 Å². The number of amides is 1. The van der Waals surface area contributed by atoms with E-state index in [4.69, 9.17) is 9.47 Å². The molecule has 0 N–H and O–H groups in total. The molecule has 0 atom stereocenters. The van der Waals surface area contributed by atoms with E-state index >= 15 is 0 Å². The highest BCUT2D eigenvalue weighted by Crippen LogP contribution is 2.31. The summed E-state index contributed by atoms with van der Waals surface area (Å²) in [7, 11) is -0.899. The van der Waals surface area contributed by atoms with Crippen LogP contribution in [0.3, 0.4) is 0 Å². The number of rotatable bonds is 6. The first-order valence-electron chi connectivity index (χ1n) is 10.1. The molecule has 0 bridgehead atoms. The molecule has 1 aromatic heterocycles. The summed E-state index contributed by atoms with van der Waals surface area (Å²) in [5, 5.41) is 4.17.